The van der Waals surface area contributed by atoms with Crippen LogP contribution in [0.3, 0.4) is 0 Å². The van der Waals surface area contributed by atoms with E-state index in [1.165, 1.54) is 6.07 Å². The van der Waals surface area contributed by atoms with E-state index >= 15 is 0 Å². The summed E-state index contributed by atoms with van der Waals surface area (Å²) >= 11 is 0. The Morgan fingerprint density at radius 2 is 1.88 bits per heavy atom. The fourth-order valence-corrected chi connectivity index (χ4v) is 3.47. The lowest BCUT2D eigenvalue weighted by molar-refractivity contribution is -0.120. The highest BCUT2D eigenvalue weighted by molar-refractivity contribution is 5.80. The van der Waals surface area contributed by atoms with Gasteiger partial charge in [0, 0.05) is 36.3 Å². The number of methoxy groups -OCH3 is 1. The molecule has 0 saturated heterocycles. The lowest BCUT2D eigenvalue weighted by Gasteiger charge is -2.07. The van der Waals surface area contributed by atoms with E-state index in [-0.39, 0.29) is 18.1 Å². The van der Waals surface area contributed by atoms with Crippen LogP contribution in [0.1, 0.15) is 5.56 Å². The highest BCUT2D eigenvalue weighted by Gasteiger charge is 2.16. The van der Waals surface area contributed by atoms with Crippen LogP contribution in [0.15, 0.2) is 79.3 Å². The van der Waals surface area contributed by atoms with Crippen LogP contribution < -0.4 is 10.1 Å². The average Bonchev–Trinajstić information content (AvgIpc) is 3.24. The molecule has 0 aliphatic carbocycles. The maximum absolute atomic E-state index is 14.5. The van der Waals surface area contributed by atoms with Crippen LogP contribution in [0, 0.1) is 5.82 Å². The molecule has 0 radical (unpaired) electrons. The maximum Gasteiger partial charge on any atom is 0.224 e. The summed E-state index contributed by atoms with van der Waals surface area (Å²) in [6.07, 6.45) is 5.51. The van der Waals surface area contributed by atoms with E-state index in [1.54, 1.807) is 42.4 Å². The van der Waals surface area contributed by atoms with Crippen molar-refractivity contribution in [3.8, 4) is 28.1 Å². The zero-order chi connectivity index (χ0) is 22.3. The SMILES string of the molecule is COc1cccc(CC(=O)NCCn2cc(-c3ccncc3)c(-c3ccccc3F)n2)c1. The first kappa shape index (κ1) is 21.2. The van der Waals surface area contributed by atoms with E-state index in [2.05, 4.69) is 15.4 Å². The standard InChI is InChI=1S/C25H23FN4O2/c1-32-20-6-4-5-18(15-20)16-24(31)28-13-14-30-17-22(19-9-11-27-12-10-19)25(29-30)21-7-2-3-8-23(21)26/h2-12,15,17H,13-14,16H2,1H3,(H,28,31). The number of carbonyl (C=O) groups is 1. The van der Waals surface area contributed by atoms with Gasteiger partial charge in [-0.15, -0.1) is 0 Å². The molecule has 2 heterocycles. The normalized spacial score (nSPS) is 10.7. The second-order valence-corrected chi connectivity index (χ2v) is 7.25. The molecule has 32 heavy (non-hydrogen) atoms. The molecule has 1 amide bonds. The molecular formula is C25H23FN4O2. The Morgan fingerprint density at radius 1 is 1.06 bits per heavy atom. The van der Waals surface area contributed by atoms with Gasteiger partial charge >= 0.3 is 0 Å². The second kappa shape index (κ2) is 9.87. The summed E-state index contributed by atoms with van der Waals surface area (Å²) in [5.41, 5.74) is 3.56. The van der Waals surface area contributed by atoms with E-state index in [0.717, 1.165) is 22.4 Å². The third-order valence-corrected chi connectivity index (χ3v) is 5.04. The molecule has 2 aromatic heterocycles. The van der Waals surface area contributed by atoms with Crippen molar-refractivity contribution in [2.24, 2.45) is 0 Å². The largest absolute Gasteiger partial charge is 0.497 e. The van der Waals surface area contributed by atoms with E-state index in [0.29, 0.717) is 24.3 Å². The molecular weight excluding hydrogens is 407 g/mol. The van der Waals surface area contributed by atoms with Gasteiger partial charge in [0.05, 0.1) is 20.1 Å². The quantitative estimate of drug-likeness (QED) is 0.457. The summed E-state index contributed by atoms with van der Waals surface area (Å²) < 4.78 is 21.4. The Bertz CT molecular complexity index is 1210. The second-order valence-electron chi connectivity index (χ2n) is 7.25. The van der Waals surface area contributed by atoms with E-state index < -0.39 is 0 Å². The third-order valence-electron chi connectivity index (χ3n) is 5.04. The van der Waals surface area contributed by atoms with Crippen molar-refractivity contribution >= 4 is 5.91 Å². The summed E-state index contributed by atoms with van der Waals surface area (Å²) in [5, 5.41) is 7.52. The highest BCUT2D eigenvalue weighted by Crippen LogP contribution is 2.32. The van der Waals surface area contributed by atoms with Gasteiger partial charge in [-0.25, -0.2) is 4.39 Å². The number of amides is 1. The fourth-order valence-electron chi connectivity index (χ4n) is 3.47. The smallest absolute Gasteiger partial charge is 0.224 e. The number of carbonyl (C=O) groups excluding carboxylic acids is 1. The third kappa shape index (κ3) is 5.00. The zero-order valence-corrected chi connectivity index (χ0v) is 17.7. The molecule has 2 aromatic carbocycles. The first-order valence-electron chi connectivity index (χ1n) is 10.3. The van der Waals surface area contributed by atoms with Gasteiger partial charge < -0.3 is 10.1 Å². The van der Waals surface area contributed by atoms with Gasteiger partial charge in [-0.2, -0.15) is 5.10 Å². The molecule has 1 N–H and O–H groups in total. The molecule has 0 saturated carbocycles. The van der Waals surface area contributed by atoms with E-state index in [1.807, 2.05) is 42.6 Å². The molecule has 4 rings (SSSR count). The van der Waals surface area contributed by atoms with Crippen molar-refractivity contribution in [3.63, 3.8) is 0 Å². The van der Waals surface area contributed by atoms with Crippen molar-refractivity contribution in [1.29, 1.82) is 0 Å². The van der Waals surface area contributed by atoms with E-state index in [9.17, 15) is 9.18 Å². The summed E-state index contributed by atoms with van der Waals surface area (Å²) in [6, 6.07) is 17.7. The Morgan fingerprint density at radius 3 is 2.66 bits per heavy atom. The van der Waals surface area contributed by atoms with Crippen LogP contribution in [0.25, 0.3) is 22.4 Å². The van der Waals surface area contributed by atoms with Gasteiger partial charge in [-0.1, -0.05) is 24.3 Å². The van der Waals surface area contributed by atoms with Crippen LogP contribution in [0.4, 0.5) is 4.39 Å². The highest BCUT2D eigenvalue weighted by atomic mass is 19.1. The van der Waals surface area contributed by atoms with Crippen molar-refractivity contribution in [1.82, 2.24) is 20.1 Å². The summed E-state index contributed by atoms with van der Waals surface area (Å²) in [6.45, 7) is 0.855. The minimum atomic E-state index is -0.334. The van der Waals surface area contributed by atoms with Crippen LogP contribution in [0.5, 0.6) is 5.75 Å². The first-order chi connectivity index (χ1) is 15.6. The zero-order valence-electron chi connectivity index (χ0n) is 17.7. The molecule has 0 unspecified atom stereocenters. The molecule has 0 bridgehead atoms. The summed E-state index contributed by atoms with van der Waals surface area (Å²) in [5.74, 6) is 0.296. The lowest BCUT2D eigenvalue weighted by atomic mass is 10.0. The fraction of sp³-hybridized carbons (Fsp3) is 0.160. The minimum Gasteiger partial charge on any atom is -0.497 e. The van der Waals surface area contributed by atoms with Crippen molar-refractivity contribution in [2.75, 3.05) is 13.7 Å². The van der Waals surface area contributed by atoms with Crippen LogP contribution in [-0.2, 0) is 17.8 Å². The van der Waals surface area contributed by atoms with Crippen molar-refractivity contribution < 1.29 is 13.9 Å². The molecule has 7 heteroatoms. The van der Waals surface area contributed by atoms with Gasteiger partial charge in [-0.05, 0) is 47.5 Å². The number of nitrogens with one attached hydrogen (secondary N) is 1. The maximum atomic E-state index is 14.5. The molecule has 0 fully saturated rings. The molecule has 0 aliphatic heterocycles. The average molecular weight is 430 g/mol. The van der Waals surface area contributed by atoms with Crippen LogP contribution in [0.2, 0.25) is 0 Å². The molecule has 162 valence electrons. The van der Waals surface area contributed by atoms with Crippen molar-refractivity contribution in [2.45, 2.75) is 13.0 Å². The van der Waals surface area contributed by atoms with Gasteiger partial charge in [0.15, 0.2) is 0 Å². The molecule has 4 aromatic rings. The number of nitrogens with zero attached hydrogens (tertiary/aromatic N) is 3. The lowest BCUT2D eigenvalue weighted by Crippen LogP contribution is -2.28. The Kier molecular flexibility index (Phi) is 6.55. The van der Waals surface area contributed by atoms with Gasteiger partial charge in [0.2, 0.25) is 5.91 Å². The number of halogens is 1. The molecule has 0 aliphatic rings. The monoisotopic (exact) mass is 430 g/mol. The number of benzene rings is 2. The Labute approximate surface area is 185 Å². The number of hydrogen-bond donors (Lipinski definition) is 1. The topological polar surface area (TPSA) is 69.0 Å². The van der Waals surface area contributed by atoms with Gasteiger partial charge in [0.1, 0.15) is 17.3 Å². The first-order valence-corrected chi connectivity index (χ1v) is 10.3. The number of rotatable bonds is 8. The summed E-state index contributed by atoms with van der Waals surface area (Å²) in [7, 11) is 1.60. The Hall–Kier alpha value is -4.00. The van der Waals surface area contributed by atoms with Gasteiger partial charge in [-0.3, -0.25) is 14.5 Å². The Balaban J connectivity index is 1.47. The number of hydrogen-bond acceptors (Lipinski definition) is 4. The number of pyridine rings is 1. The predicted molar refractivity (Wildman–Crippen MR) is 121 cm³/mol. The van der Waals surface area contributed by atoms with Crippen LogP contribution >= 0.6 is 0 Å². The number of aromatic nitrogens is 3. The van der Waals surface area contributed by atoms with Crippen LogP contribution in [-0.4, -0.2) is 34.3 Å². The predicted octanol–water partition coefficient (Wildman–Crippen LogP) is 4.12. The van der Waals surface area contributed by atoms with Crippen molar-refractivity contribution in [3.05, 3.63) is 90.6 Å². The van der Waals surface area contributed by atoms with Gasteiger partial charge in [0.25, 0.3) is 0 Å². The minimum absolute atomic E-state index is 0.0888. The molecule has 0 atom stereocenters. The van der Waals surface area contributed by atoms with E-state index in [4.69, 9.17) is 4.74 Å². The molecule has 0 spiro atoms. The molecule has 6 nitrogen and oxygen atoms in total. The number of ether oxygens (including phenoxy) is 1. The summed E-state index contributed by atoms with van der Waals surface area (Å²) in [4.78, 5) is 16.4.